The van der Waals surface area contributed by atoms with Crippen LogP contribution in [0.4, 0.5) is 0 Å². The summed E-state index contributed by atoms with van der Waals surface area (Å²) in [5.41, 5.74) is 0. The SMILES string of the molecule is SCCCSCSCCCS.SCSCCSCS. The molecule has 0 rings (SSSR count). The number of thioether (sulfide) groups is 4. The lowest BCUT2D eigenvalue weighted by Crippen LogP contribution is -1.84. The predicted octanol–water partition coefficient (Wildman–Crippen LogP) is 5.28. The highest BCUT2D eigenvalue weighted by Gasteiger charge is 1.89. The van der Waals surface area contributed by atoms with Crippen molar-refractivity contribution in [3.63, 3.8) is 0 Å². The quantitative estimate of drug-likeness (QED) is 0.184. The third kappa shape index (κ3) is 29.4. The van der Waals surface area contributed by atoms with Crippen LogP contribution >= 0.6 is 97.6 Å². The molecule has 0 aromatic heterocycles. The van der Waals surface area contributed by atoms with E-state index in [0.717, 1.165) is 21.7 Å². The molecule has 118 valence electrons. The van der Waals surface area contributed by atoms with Gasteiger partial charge in [-0.25, -0.2) is 0 Å². The second-order valence-electron chi connectivity index (χ2n) is 3.16. The molecule has 0 unspecified atom stereocenters. The normalized spacial score (nSPS) is 10.1. The molecule has 0 aliphatic carbocycles. The summed E-state index contributed by atoms with van der Waals surface area (Å²) in [6.45, 7) is 0. The van der Waals surface area contributed by atoms with Gasteiger partial charge < -0.3 is 0 Å². The van der Waals surface area contributed by atoms with Crippen LogP contribution in [0.1, 0.15) is 12.8 Å². The van der Waals surface area contributed by atoms with Crippen LogP contribution in [0.2, 0.25) is 0 Å². The third-order valence-electron chi connectivity index (χ3n) is 1.61. The Morgan fingerprint density at radius 3 is 1.26 bits per heavy atom. The lowest BCUT2D eigenvalue weighted by atomic mass is 10.6. The van der Waals surface area contributed by atoms with Gasteiger partial charge >= 0.3 is 0 Å². The van der Waals surface area contributed by atoms with Gasteiger partial charge in [0.05, 0.1) is 0 Å². The molecular formula is C11H26S8. The van der Waals surface area contributed by atoms with E-state index in [-0.39, 0.29) is 0 Å². The first-order chi connectivity index (χ1) is 9.33. The summed E-state index contributed by atoms with van der Waals surface area (Å²) in [6.07, 6.45) is 2.47. The fraction of sp³-hybridized carbons (Fsp3) is 1.00. The fourth-order valence-corrected chi connectivity index (χ4v) is 5.59. The molecule has 0 fully saturated rings. The summed E-state index contributed by atoms with van der Waals surface area (Å²) in [5.74, 6) is 6.97. The van der Waals surface area contributed by atoms with Gasteiger partial charge in [0.25, 0.3) is 0 Å². The van der Waals surface area contributed by atoms with Crippen LogP contribution < -0.4 is 0 Å². The first-order valence-corrected chi connectivity index (χ1v) is 13.2. The Kier molecular flexibility index (Phi) is 32.6. The molecule has 0 N–H and O–H groups in total. The minimum Gasteiger partial charge on any atom is -0.179 e. The van der Waals surface area contributed by atoms with Gasteiger partial charge in [-0.15, -0.1) is 0 Å². The molecule has 8 heteroatoms. The summed E-state index contributed by atoms with van der Waals surface area (Å²) >= 11 is 24.2. The summed E-state index contributed by atoms with van der Waals surface area (Å²) in [4.78, 5) is 0. The van der Waals surface area contributed by atoms with Crippen molar-refractivity contribution >= 4 is 97.6 Å². The highest BCUT2D eigenvalue weighted by molar-refractivity contribution is 8.16. The van der Waals surface area contributed by atoms with E-state index in [2.05, 4.69) is 50.5 Å². The van der Waals surface area contributed by atoms with E-state index < -0.39 is 0 Å². The largest absolute Gasteiger partial charge is 0.179 e. The van der Waals surface area contributed by atoms with Crippen molar-refractivity contribution in [2.45, 2.75) is 12.8 Å². The van der Waals surface area contributed by atoms with Crippen molar-refractivity contribution < 1.29 is 0 Å². The molecule has 0 saturated heterocycles. The fourth-order valence-electron chi connectivity index (χ4n) is 0.757. The van der Waals surface area contributed by atoms with Gasteiger partial charge in [0, 0.05) is 26.8 Å². The standard InChI is InChI=1S/C7H16S4.C4H10S4/c8-3-1-5-10-7-11-6-2-4-9;5-3-7-1-2-8-4-6/h8-9H,1-7H2;5-6H,1-4H2. The molecule has 0 spiro atoms. The van der Waals surface area contributed by atoms with Crippen molar-refractivity contribution in [2.75, 3.05) is 49.8 Å². The molecule has 0 aliphatic rings. The Bertz CT molecular complexity index is 122. The second kappa shape index (κ2) is 25.7. The number of rotatable bonds is 13. The maximum atomic E-state index is 4.15. The summed E-state index contributed by atoms with van der Waals surface area (Å²) in [6, 6.07) is 0. The van der Waals surface area contributed by atoms with Gasteiger partial charge in [0.15, 0.2) is 0 Å². The number of hydrogen-bond donors (Lipinski definition) is 4. The molecule has 0 radical (unpaired) electrons. The van der Waals surface area contributed by atoms with E-state index in [4.69, 9.17) is 0 Å². The van der Waals surface area contributed by atoms with Gasteiger partial charge in [-0.1, -0.05) is 0 Å². The van der Waals surface area contributed by atoms with Gasteiger partial charge in [0.1, 0.15) is 0 Å². The molecule has 0 aromatic rings. The average molecular weight is 415 g/mol. The van der Waals surface area contributed by atoms with Crippen LogP contribution in [0.3, 0.4) is 0 Å². The van der Waals surface area contributed by atoms with Crippen LogP contribution in [0.25, 0.3) is 0 Å². The van der Waals surface area contributed by atoms with Crippen molar-refractivity contribution in [3.05, 3.63) is 0 Å². The molecule has 0 saturated carbocycles. The summed E-state index contributed by atoms with van der Waals surface area (Å²) in [5, 5.41) is 3.11. The zero-order valence-electron chi connectivity index (χ0n) is 11.2. The van der Waals surface area contributed by atoms with Gasteiger partial charge in [-0.05, 0) is 35.9 Å². The highest BCUT2D eigenvalue weighted by Crippen LogP contribution is 2.13. The van der Waals surface area contributed by atoms with E-state index in [1.807, 2.05) is 47.0 Å². The Labute approximate surface area is 159 Å². The Balaban J connectivity index is 0. The molecule has 0 atom stereocenters. The van der Waals surface area contributed by atoms with Crippen molar-refractivity contribution in [3.8, 4) is 0 Å². The second-order valence-corrected chi connectivity index (χ2v) is 10.3. The maximum Gasteiger partial charge on any atom is 0.0392 e. The molecule has 0 heterocycles. The number of hydrogen-bond acceptors (Lipinski definition) is 8. The zero-order chi connectivity index (χ0) is 14.6. The van der Waals surface area contributed by atoms with E-state index in [1.54, 1.807) is 0 Å². The average Bonchev–Trinajstić information content (AvgIpc) is 2.44. The van der Waals surface area contributed by atoms with Gasteiger partial charge in [-0.2, -0.15) is 97.6 Å². The Hall–Kier alpha value is 2.80. The topological polar surface area (TPSA) is 0 Å². The minimum absolute atomic E-state index is 0.938. The predicted molar refractivity (Wildman–Crippen MR) is 119 cm³/mol. The minimum atomic E-state index is 0.938. The molecule has 0 aromatic carbocycles. The van der Waals surface area contributed by atoms with Crippen LogP contribution in [0.5, 0.6) is 0 Å². The molecule has 0 amide bonds. The van der Waals surface area contributed by atoms with E-state index in [9.17, 15) is 0 Å². The monoisotopic (exact) mass is 414 g/mol. The molecule has 0 nitrogen and oxygen atoms in total. The van der Waals surface area contributed by atoms with E-state index in [0.29, 0.717) is 0 Å². The highest BCUT2D eigenvalue weighted by atomic mass is 32.2. The van der Waals surface area contributed by atoms with Crippen LogP contribution in [-0.2, 0) is 0 Å². The van der Waals surface area contributed by atoms with Crippen LogP contribution in [0.15, 0.2) is 0 Å². The lowest BCUT2D eigenvalue weighted by Gasteiger charge is -1.99. The lowest BCUT2D eigenvalue weighted by molar-refractivity contribution is 1.13. The molecule has 0 bridgehead atoms. The van der Waals surface area contributed by atoms with Crippen molar-refractivity contribution in [1.82, 2.24) is 0 Å². The summed E-state index contributed by atoms with van der Waals surface area (Å²) in [7, 11) is 0. The molecule has 0 aliphatic heterocycles. The number of thiol groups is 4. The Morgan fingerprint density at radius 1 is 0.526 bits per heavy atom. The van der Waals surface area contributed by atoms with Crippen LogP contribution in [0, 0.1) is 0 Å². The van der Waals surface area contributed by atoms with Gasteiger partial charge in [0.2, 0.25) is 0 Å². The smallest absolute Gasteiger partial charge is 0.0392 e. The third-order valence-corrected chi connectivity index (χ3v) is 7.44. The van der Waals surface area contributed by atoms with Crippen molar-refractivity contribution in [1.29, 1.82) is 0 Å². The van der Waals surface area contributed by atoms with Gasteiger partial charge in [-0.3, -0.25) is 0 Å². The molecular weight excluding hydrogens is 389 g/mol. The van der Waals surface area contributed by atoms with Crippen molar-refractivity contribution in [2.24, 2.45) is 0 Å². The van der Waals surface area contributed by atoms with E-state index >= 15 is 0 Å². The Morgan fingerprint density at radius 2 is 0.947 bits per heavy atom. The summed E-state index contributed by atoms with van der Waals surface area (Å²) < 4.78 is 0. The van der Waals surface area contributed by atoms with Crippen LogP contribution in [-0.4, -0.2) is 49.8 Å². The maximum absolute atomic E-state index is 4.15. The van der Waals surface area contributed by atoms with E-state index in [1.165, 1.54) is 40.9 Å². The first kappa shape index (κ1) is 24.1. The molecule has 19 heavy (non-hydrogen) atoms. The first-order valence-electron chi connectivity index (χ1n) is 6.07. The zero-order valence-corrected chi connectivity index (χ0v) is 18.0.